The van der Waals surface area contributed by atoms with Gasteiger partial charge in [0.15, 0.2) is 5.13 Å². The Kier molecular flexibility index (Phi) is 6.45. The number of hydrogen-bond donors (Lipinski definition) is 1. The van der Waals surface area contributed by atoms with Crippen LogP contribution in [0.2, 0.25) is 0 Å². The zero-order valence-electron chi connectivity index (χ0n) is 14.0. The Labute approximate surface area is 133 Å². The minimum absolute atomic E-state index is 0.546. The maximum absolute atomic E-state index is 4.93. The third kappa shape index (κ3) is 4.41. The van der Waals surface area contributed by atoms with Crippen LogP contribution in [0.5, 0.6) is 0 Å². The van der Waals surface area contributed by atoms with Crippen LogP contribution in [-0.2, 0) is 13.0 Å². The fraction of sp³-hybridized carbons (Fsp3) is 0.812. The van der Waals surface area contributed by atoms with Crippen LogP contribution in [0.4, 0.5) is 5.13 Å². The van der Waals surface area contributed by atoms with Gasteiger partial charge in [0.05, 0.1) is 5.69 Å². The molecule has 1 N–H and O–H groups in total. The Balaban J connectivity index is 2.11. The van der Waals surface area contributed by atoms with Gasteiger partial charge in [0.1, 0.15) is 0 Å². The van der Waals surface area contributed by atoms with Crippen LogP contribution in [-0.4, -0.2) is 49.2 Å². The van der Waals surface area contributed by atoms with Gasteiger partial charge in [0, 0.05) is 30.6 Å². The second-order valence-corrected chi connectivity index (χ2v) is 7.12. The number of aromatic nitrogens is 1. The highest BCUT2D eigenvalue weighted by molar-refractivity contribution is 7.15. The summed E-state index contributed by atoms with van der Waals surface area (Å²) in [6, 6.07) is 0.546. The molecule has 0 radical (unpaired) electrons. The van der Waals surface area contributed by atoms with Gasteiger partial charge in [-0.15, -0.1) is 11.3 Å². The largest absolute Gasteiger partial charge is 0.344 e. The molecule has 0 spiro atoms. The normalized spacial score (nSPS) is 20.8. The number of likely N-dealkylation sites (N-methyl/N-ethyl adjacent to an activating group) is 1. The molecule has 21 heavy (non-hydrogen) atoms. The lowest BCUT2D eigenvalue weighted by Gasteiger charge is -2.27. The first-order valence-corrected chi connectivity index (χ1v) is 9.11. The summed E-state index contributed by atoms with van der Waals surface area (Å²) < 4.78 is 0. The van der Waals surface area contributed by atoms with Crippen molar-refractivity contribution in [3.63, 3.8) is 0 Å². The van der Waals surface area contributed by atoms with Gasteiger partial charge < -0.3 is 15.1 Å². The summed E-state index contributed by atoms with van der Waals surface area (Å²) >= 11 is 1.89. The van der Waals surface area contributed by atoms with Crippen molar-refractivity contribution in [1.29, 1.82) is 0 Å². The second kappa shape index (κ2) is 8.11. The Bertz CT molecular complexity index is 432. The zero-order chi connectivity index (χ0) is 15.2. The van der Waals surface area contributed by atoms with E-state index in [4.69, 9.17) is 4.98 Å². The topological polar surface area (TPSA) is 31.4 Å². The first kappa shape index (κ1) is 16.7. The van der Waals surface area contributed by atoms with Gasteiger partial charge in [-0.3, -0.25) is 0 Å². The smallest absolute Gasteiger partial charge is 0.186 e. The number of aryl methyl sites for hydroxylation is 1. The lowest BCUT2D eigenvalue weighted by molar-refractivity contribution is 0.337. The molecule has 5 heteroatoms. The minimum Gasteiger partial charge on any atom is -0.344 e. The lowest BCUT2D eigenvalue weighted by atomic mass is 10.3. The molecule has 4 nitrogen and oxygen atoms in total. The van der Waals surface area contributed by atoms with Crippen molar-refractivity contribution in [2.24, 2.45) is 0 Å². The number of rotatable bonds is 6. The number of hydrogen-bond acceptors (Lipinski definition) is 5. The summed E-state index contributed by atoms with van der Waals surface area (Å²) in [5.41, 5.74) is 1.28. The maximum Gasteiger partial charge on any atom is 0.186 e. The summed E-state index contributed by atoms with van der Waals surface area (Å²) in [7, 11) is 2.22. The number of thiazole rings is 1. The Morgan fingerprint density at radius 2 is 2.14 bits per heavy atom. The molecule has 0 saturated carbocycles. The summed E-state index contributed by atoms with van der Waals surface area (Å²) in [5.74, 6) is 0. The highest BCUT2D eigenvalue weighted by Crippen LogP contribution is 2.29. The highest BCUT2D eigenvalue weighted by Gasteiger charge is 2.23. The molecule has 1 aliphatic heterocycles. The minimum atomic E-state index is 0.546. The van der Waals surface area contributed by atoms with E-state index in [2.05, 4.69) is 42.9 Å². The molecule has 0 amide bonds. The first-order valence-electron chi connectivity index (χ1n) is 8.30. The zero-order valence-corrected chi connectivity index (χ0v) is 14.8. The van der Waals surface area contributed by atoms with E-state index in [1.54, 1.807) is 0 Å². The van der Waals surface area contributed by atoms with Gasteiger partial charge >= 0.3 is 0 Å². The molecule has 2 heterocycles. The quantitative estimate of drug-likeness (QED) is 0.819. The van der Waals surface area contributed by atoms with E-state index < -0.39 is 0 Å². The molecule has 1 fully saturated rings. The van der Waals surface area contributed by atoms with Crippen LogP contribution >= 0.6 is 11.3 Å². The molecule has 1 aromatic heterocycles. The number of anilines is 1. The summed E-state index contributed by atoms with van der Waals surface area (Å²) in [6.07, 6.45) is 3.44. The average molecular weight is 311 g/mol. The van der Waals surface area contributed by atoms with Crippen LogP contribution in [0, 0.1) is 0 Å². The summed E-state index contributed by atoms with van der Waals surface area (Å²) in [5, 5.41) is 4.74. The van der Waals surface area contributed by atoms with E-state index >= 15 is 0 Å². The molecule has 2 rings (SSSR count). The molecule has 1 aromatic rings. The second-order valence-electron chi connectivity index (χ2n) is 6.05. The van der Waals surface area contributed by atoms with Gasteiger partial charge in [-0.2, -0.15) is 0 Å². The lowest BCUT2D eigenvalue weighted by Crippen LogP contribution is -2.37. The van der Waals surface area contributed by atoms with E-state index in [1.165, 1.54) is 35.1 Å². The maximum atomic E-state index is 4.93. The standard InChI is InChI=1S/C16H30N4S/c1-5-8-17-11-15-14(6-2)18-16(21-15)20-10-7-9-19(4)12-13(20)3/h13,17H,5-12H2,1-4H3. The summed E-state index contributed by atoms with van der Waals surface area (Å²) in [6.45, 7) is 12.2. The van der Waals surface area contributed by atoms with Crippen molar-refractivity contribution in [2.75, 3.05) is 38.1 Å². The van der Waals surface area contributed by atoms with Gasteiger partial charge in [-0.05, 0) is 46.3 Å². The van der Waals surface area contributed by atoms with Crippen LogP contribution < -0.4 is 10.2 Å². The molecule has 1 atom stereocenters. The van der Waals surface area contributed by atoms with E-state index in [-0.39, 0.29) is 0 Å². The Morgan fingerprint density at radius 1 is 1.33 bits per heavy atom. The van der Waals surface area contributed by atoms with Gasteiger partial charge in [-0.25, -0.2) is 4.98 Å². The molecule has 1 unspecified atom stereocenters. The monoisotopic (exact) mass is 310 g/mol. The van der Waals surface area contributed by atoms with Crippen molar-refractivity contribution in [3.8, 4) is 0 Å². The predicted molar refractivity (Wildman–Crippen MR) is 92.4 cm³/mol. The fourth-order valence-corrected chi connectivity index (χ4v) is 4.19. The van der Waals surface area contributed by atoms with E-state index in [0.29, 0.717) is 6.04 Å². The Morgan fingerprint density at radius 3 is 2.86 bits per heavy atom. The van der Waals surface area contributed by atoms with E-state index in [0.717, 1.165) is 32.6 Å². The third-order valence-corrected chi connectivity index (χ3v) is 5.24. The molecule has 1 saturated heterocycles. The van der Waals surface area contributed by atoms with Crippen LogP contribution in [0.3, 0.4) is 0 Å². The number of nitrogens with zero attached hydrogens (tertiary/aromatic N) is 3. The highest BCUT2D eigenvalue weighted by atomic mass is 32.1. The average Bonchev–Trinajstić information content (AvgIpc) is 2.78. The molecule has 0 aromatic carbocycles. The fourth-order valence-electron chi connectivity index (χ4n) is 2.94. The summed E-state index contributed by atoms with van der Waals surface area (Å²) in [4.78, 5) is 11.3. The van der Waals surface area contributed by atoms with Crippen LogP contribution in [0.25, 0.3) is 0 Å². The van der Waals surface area contributed by atoms with Crippen molar-refractivity contribution in [2.45, 2.75) is 52.6 Å². The van der Waals surface area contributed by atoms with Gasteiger partial charge in [-0.1, -0.05) is 13.8 Å². The van der Waals surface area contributed by atoms with Gasteiger partial charge in [0.2, 0.25) is 0 Å². The molecular formula is C16H30N4S. The van der Waals surface area contributed by atoms with Crippen molar-refractivity contribution >= 4 is 16.5 Å². The third-order valence-electron chi connectivity index (χ3n) is 4.11. The Hall–Kier alpha value is -0.650. The van der Waals surface area contributed by atoms with Crippen molar-refractivity contribution < 1.29 is 0 Å². The molecule has 0 bridgehead atoms. The molecule has 120 valence electrons. The molecular weight excluding hydrogens is 280 g/mol. The molecule has 1 aliphatic rings. The van der Waals surface area contributed by atoms with E-state index in [1.807, 2.05) is 11.3 Å². The number of nitrogens with one attached hydrogen (secondary N) is 1. The predicted octanol–water partition coefficient (Wildman–Crippen LogP) is 2.74. The first-order chi connectivity index (χ1) is 10.2. The van der Waals surface area contributed by atoms with Crippen molar-refractivity contribution in [3.05, 3.63) is 10.6 Å². The van der Waals surface area contributed by atoms with Crippen LogP contribution in [0.1, 0.15) is 44.2 Å². The van der Waals surface area contributed by atoms with Crippen molar-refractivity contribution in [1.82, 2.24) is 15.2 Å². The van der Waals surface area contributed by atoms with Gasteiger partial charge in [0.25, 0.3) is 0 Å². The van der Waals surface area contributed by atoms with E-state index in [9.17, 15) is 0 Å². The van der Waals surface area contributed by atoms with Crippen LogP contribution in [0.15, 0.2) is 0 Å². The molecule has 0 aliphatic carbocycles. The SMILES string of the molecule is CCCNCc1sc(N2CCCN(C)CC2C)nc1CC.